The zero-order valence-corrected chi connectivity index (χ0v) is 16.0. The number of rotatable bonds is 6. The predicted octanol–water partition coefficient (Wildman–Crippen LogP) is 1.33. The number of nitrogens with zero attached hydrogens (tertiary/aromatic N) is 4. The first-order chi connectivity index (χ1) is 13.1. The molecule has 0 aliphatic carbocycles. The molecule has 1 aliphatic heterocycles. The van der Waals surface area contributed by atoms with Gasteiger partial charge in [-0.1, -0.05) is 25.1 Å². The van der Waals surface area contributed by atoms with Crippen molar-refractivity contribution in [2.24, 2.45) is 0 Å². The molecule has 2 aromatic rings. The number of amides is 2. The summed E-state index contributed by atoms with van der Waals surface area (Å²) in [5.41, 5.74) is 2.55. The summed E-state index contributed by atoms with van der Waals surface area (Å²) in [5, 5.41) is 7.27. The highest BCUT2D eigenvalue weighted by molar-refractivity contribution is 5.95. The van der Waals surface area contributed by atoms with Crippen molar-refractivity contribution in [2.45, 2.75) is 20.3 Å². The van der Waals surface area contributed by atoms with Crippen LogP contribution in [0.1, 0.15) is 29.9 Å². The molecule has 1 aromatic heterocycles. The normalized spacial score (nSPS) is 15.0. The number of para-hydroxylation sites is 1. The van der Waals surface area contributed by atoms with E-state index in [4.69, 9.17) is 0 Å². The van der Waals surface area contributed by atoms with Gasteiger partial charge in [-0.05, 0) is 25.5 Å². The zero-order valence-electron chi connectivity index (χ0n) is 16.0. The van der Waals surface area contributed by atoms with Gasteiger partial charge in [-0.2, -0.15) is 5.10 Å². The Labute approximate surface area is 159 Å². The molecule has 1 N–H and O–H groups in total. The lowest BCUT2D eigenvalue weighted by atomic mass is 10.1. The van der Waals surface area contributed by atoms with Crippen molar-refractivity contribution >= 4 is 11.8 Å². The Morgan fingerprint density at radius 1 is 1.07 bits per heavy atom. The Bertz CT molecular complexity index is 779. The quantitative estimate of drug-likeness (QED) is 0.834. The van der Waals surface area contributed by atoms with Crippen molar-refractivity contribution in [3.63, 3.8) is 0 Å². The van der Waals surface area contributed by atoms with Gasteiger partial charge in [0.25, 0.3) is 5.91 Å². The summed E-state index contributed by atoms with van der Waals surface area (Å²) in [7, 11) is 0. The third kappa shape index (κ3) is 4.36. The van der Waals surface area contributed by atoms with Gasteiger partial charge in [-0.15, -0.1) is 0 Å². The summed E-state index contributed by atoms with van der Waals surface area (Å²) in [6.07, 6.45) is 2.41. The lowest BCUT2D eigenvalue weighted by Crippen LogP contribution is -2.51. The maximum atomic E-state index is 13.0. The van der Waals surface area contributed by atoms with E-state index < -0.39 is 0 Å². The minimum atomic E-state index is 0.0201. The van der Waals surface area contributed by atoms with E-state index in [1.807, 2.05) is 53.8 Å². The zero-order chi connectivity index (χ0) is 19.2. The Morgan fingerprint density at radius 2 is 1.78 bits per heavy atom. The molecule has 7 heteroatoms. The Morgan fingerprint density at radius 3 is 2.41 bits per heavy atom. The second-order valence-corrected chi connectivity index (χ2v) is 6.63. The lowest BCUT2D eigenvalue weighted by molar-refractivity contribution is -0.122. The van der Waals surface area contributed by atoms with Gasteiger partial charge in [0.2, 0.25) is 5.91 Å². The summed E-state index contributed by atoms with van der Waals surface area (Å²) in [6, 6.07) is 9.86. The largest absolute Gasteiger partial charge is 0.355 e. The molecule has 0 radical (unpaired) electrons. The fraction of sp³-hybridized carbons (Fsp3) is 0.450. The van der Waals surface area contributed by atoms with Gasteiger partial charge >= 0.3 is 0 Å². The molecule has 27 heavy (non-hydrogen) atoms. The molecule has 2 amide bonds. The first-order valence-electron chi connectivity index (χ1n) is 9.54. The fourth-order valence-corrected chi connectivity index (χ4v) is 3.42. The molecule has 2 heterocycles. The van der Waals surface area contributed by atoms with Crippen LogP contribution in [0.4, 0.5) is 0 Å². The van der Waals surface area contributed by atoms with Crippen LogP contribution in [0.5, 0.6) is 0 Å². The SMILES string of the molecule is CCNC(=O)CN1CCN(C(=O)c2cnn(-c3ccccc3)c2CC)CC1. The minimum Gasteiger partial charge on any atom is -0.355 e. The fourth-order valence-electron chi connectivity index (χ4n) is 3.42. The smallest absolute Gasteiger partial charge is 0.257 e. The van der Waals surface area contributed by atoms with Gasteiger partial charge in [0, 0.05) is 32.7 Å². The standard InChI is InChI=1S/C20H27N5O2/c1-3-18-17(14-22-25(18)16-8-6-5-7-9-16)20(27)24-12-10-23(11-13-24)15-19(26)21-4-2/h5-9,14H,3-4,10-13,15H2,1-2H3,(H,21,26). The number of carbonyl (C=O) groups is 2. The third-order valence-corrected chi connectivity index (χ3v) is 4.84. The summed E-state index contributed by atoms with van der Waals surface area (Å²) in [4.78, 5) is 28.7. The van der Waals surface area contributed by atoms with Crippen molar-refractivity contribution < 1.29 is 9.59 Å². The van der Waals surface area contributed by atoms with Crippen LogP contribution in [-0.2, 0) is 11.2 Å². The molecular formula is C20H27N5O2. The first-order valence-corrected chi connectivity index (χ1v) is 9.54. The number of carbonyl (C=O) groups excluding carboxylic acids is 2. The highest BCUT2D eigenvalue weighted by Gasteiger charge is 2.26. The maximum absolute atomic E-state index is 13.0. The molecule has 144 valence electrons. The Hall–Kier alpha value is -2.67. The lowest BCUT2D eigenvalue weighted by Gasteiger charge is -2.34. The van der Waals surface area contributed by atoms with Crippen LogP contribution in [0.3, 0.4) is 0 Å². The summed E-state index contributed by atoms with van der Waals surface area (Å²) >= 11 is 0. The number of likely N-dealkylation sites (N-methyl/N-ethyl adjacent to an activating group) is 1. The molecule has 3 rings (SSSR count). The minimum absolute atomic E-state index is 0.0201. The van der Waals surface area contributed by atoms with Crippen LogP contribution < -0.4 is 5.32 Å². The molecule has 1 aliphatic rings. The second-order valence-electron chi connectivity index (χ2n) is 6.63. The molecule has 0 bridgehead atoms. The average Bonchev–Trinajstić information content (AvgIpc) is 3.13. The van der Waals surface area contributed by atoms with Crippen molar-refractivity contribution in [3.05, 3.63) is 47.8 Å². The molecule has 0 spiro atoms. The van der Waals surface area contributed by atoms with Gasteiger partial charge < -0.3 is 10.2 Å². The molecule has 0 saturated carbocycles. The van der Waals surface area contributed by atoms with Gasteiger partial charge in [0.15, 0.2) is 0 Å². The van der Waals surface area contributed by atoms with E-state index >= 15 is 0 Å². The number of aromatic nitrogens is 2. The van der Waals surface area contributed by atoms with Crippen LogP contribution in [0.25, 0.3) is 5.69 Å². The molecule has 1 aromatic carbocycles. The van der Waals surface area contributed by atoms with E-state index in [0.717, 1.165) is 17.8 Å². The third-order valence-electron chi connectivity index (χ3n) is 4.84. The number of benzene rings is 1. The van der Waals surface area contributed by atoms with Crippen molar-refractivity contribution in [2.75, 3.05) is 39.3 Å². The van der Waals surface area contributed by atoms with Gasteiger partial charge in [-0.25, -0.2) is 4.68 Å². The van der Waals surface area contributed by atoms with Crippen molar-refractivity contribution in [1.29, 1.82) is 0 Å². The highest BCUT2D eigenvalue weighted by Crippen LogP contribution is 2.18. The van der Waals surface area contributed by atoms with Gasteiger partial charge in [0.1, 0.15) is 0 Å². The second kappa shape index (κ2) is 8.81. The van der Waals surface area contributed by atoms with Crippen LogP contribution in [0, 0.1) is 0 Å². The van der Waals surface area contributed by atoms with E-state index in [9.17, 15) is 9.59 Å². The van der Waals surface area contributed by atoms with Crippen molar-refractivity contribution in [3.8, 4) is 5.69 Å². The van der Waals surface area contributed by atoms with E-state index in [-0.39, 0.29) is 11.8 Å². The first kappa shape index (κ1) is 19.1. The number of hydrogen-bond donors (Lipinski definition) is 1. The predicted molar refractivity (Wildman–Crippen MR) is 104 cm³/mol. The van der Waals surface area contributed by atoms with E-state index in [2.05, 4.69) is 15.3 Å². The maximum Gasteiger partial charge on any atom is 0.257 e. The van der Waals surface area contributed by atoms with E-state index in [0.29, 0.717) is 44.8 Å². The molecular weight excluding hydrogens is 342 g/mol. The summed E-state index contributed by atoms with van der Waals surface area (Å²) in [5.74, 6) is 0.0568. The van der Waals surface area contributed by atoms with Crippen LogP contribution >= 0.6 is 0 Å². The van der Waals surface area contributed by atoms with Crippen LogP contribution in [-0.4, -0.2) is 70.7 Å². The van der Waals surface area contributed by atoms with E-state index in [1.54, 1.807) is 6.20 Å². The Kier molecular flexibility index (Phi) is 6.24. The number of hydrogen-bond acceptors (Lipinski definition) is 4. The summed E-state index contributed by atoms with van der Waals surface area (Å²) < 4.78 is 1.85. The molecule has 7 nitrogen and oxygen atoms in total. The van der Waals surface area contributed by atoms with Gasteiger partial charge in [0.05, 0.1) is 29.7 Å². The number of nitrogens with one attached hydrogen (secondary N) is 1. The Balaban J connectivity index is 1.67. The van der Waals surface area contributed by atoms with E-state index in [1.165, 1.54) is 0 Å². The monoisotopic (exact) mass is 369 g/mol. The molecule has 0 unspecified atom stereocenters. The van der Waals surface area contributed by atoms with Gasteiger partial charge in [-0.3, -0.25) is 14.5 Å². The topological polar surface area (TPSA) is 70.5 Å². The summed E-state index contributed by atoms with van der Waals surface area (Å²) in [6.45, 7) is 7.64. The van der Waals surface area contributed by atoms with Crippen molar-refractivity contribution in [1.82, 2.24) is 24.9 Å². The van der Waals surface area contributed by atoms with Crippen LogP contribution in [0.2, 0.25) is 0 Å². The van der Waals surface area contributed by atoms with Crippen LogP contribution in [0.15, 0.2) is 36.5 Å². The highest BCUT2D eigenvalue weighted by atomic mass is 16.2. The molecule has 1 fully saturated rings. The molecule has 0 atom stereocenters. The molecule has 1 saturated heterocycles. The number of piperazine rings is 1. The average molecular weight is 369 g/mol.